The van der Waals surface area contributed by atoms with E-state index in [4.69, 9.17) is 0 Å². The van der Waals surface area contributed by atoms with Crippen LogP contribution < -0.4 is 5.32 Å². The van der Waals surface area contributed by atoms with Gasteiger partial charge in [-0.25, -0.2) is 8.42 Å². The van der Waals surface area contributed by atoms with Crippen molar-refractivity contribution in [3.05, 3.63) is 34.4 Å². The number of non-ortho nitro benzene ring substituents is 1. The Morgan fingerprint density at radius 1 is 1.21 bits per heavy atom. The highest BCUT2D eigenvalue weighted by Gasteiger charge is 2.15. The van der Waals surface area contributed by atoms with Crippen LogP contribution in [0.25, 0.3) is 0 Å². The highest BCUT2D eigenvalue weighted by atomic mass is 32.3. The average molecular weight is 363 g/mol. The lowest BCUT2D eigenvalue weighted by molar-refractivity contribution is -0.904. The van der Waals surface area contributed by atoms with Gasteiger partial charge in [0, 0.05) is 17.8 Å². The third-order valence-electron chi connectivity index (χ3n) is 3.79. The molecule has 0 aromatic heterocycles. The minimum atomic E-state index is -4.41. The quantitative estimate of drug-likeness (QED) is 0.245. The summed E-state index contributed by atoms with van der Waals surface area (Å²) in [6, 6.07) is 6.55. The van der Waals surface area contributed by atoms with Crippen LogP contribution in [0.3, 0.4) is 0 Å². The molecular formula is C14H25N3O6S. The van der Waals surface area contributed by atoms with Crippen LogP contribution in [0.4, 0.5) is 11.4 Å². The van der Waals surface area contributed by atoms with E-state index in [9.17, 15) is 23.1 Å². The first-order chi connectivity index (χ1) is 11.1. The third-order valence-corrected chi connectivity index (χ3v) is 4.20. The molecule has 9 nitrogen and oxygen atoms in total. The predicted molar refractivity (Wildman–Crippen MR) is 90.4 cm³/mol. The minimum absolute atomic E-state index is 0.128. The molecule has 0 bridgehead atoms. The SMILES string of the molecule is CC[N+](C)(CC)CCNc1ccc([N+](=O)[O-])cc1.COS(=O)(=O)[O-]. The van der Waals surface area contributed by atoms with Gasteiger partial charge in [0.05, 0.1) is 45.3 Å². The minimum Gasteiger partial charge on any atom is -0.726 e. The first-order valence-electron chi connectivity index (χ1n) is 7.40. The monoisotopic (exact) mass is 363 g/mol. The maximum atomic E-state index is 10.5. The van der Waals surface area contributed by atoms with Crippen molar-refractivity contribution in [2.75, 3.05) is 45.7 Å². The fourth-order valence-electron chi connectivity index (χ4n) is 1.71. The van der Waals surface area contributed by atoms with E-state index < -0.39 is 10.4 Å². The molecule has 0 fully saturated rings. The molecule has 0 aliphatic rings. The number of nitrogens with one attached hydrogen (secondary N) is 1. The summed E-state index contributed by atoms with van der Waals surface area (Å²) in [7, 11) is -1.37. The number of nitrogens with zero attached hydrogens (tertiary/aromatic N) is 2. The van der Waals surface area contributed by atoms with Crippen molar-refractivity contribution in [2.24, 2.45) is 0 Å². The Kier molecular flexibility index (Phi) is 9.44. The van der Waals surface area contributed by atoms with E-state index in [1.54, 1.807) is 12.1 Å². The molecule has 1 aromatic carbocycles. The van der Waals surface area contributed by atoms with E-state index in [1.165, 1.54) is 12.1 Å². The number of hydrogen-bond acceptors (Lipinski definition) is 7. The molecule has 1 N–H and O–H groups in total. The molecule has 0 saturated carbocycles. The maximum absolute atomic E-state index is 10.5. The Hall–Kier alpha value is -1.75. The maximum Gasteiger partial charge on any atom is 0.269 e. The largest absolute Gasteiger partial charge is 0.726 e. The number of anilines is 1. The van der Waals surface area contributed by atoms with Gasteiger partial charge >= 0.3 is 0 Å². The molecule has 0 spiro atoms. The van der Waals surface area contributed by atoms with Gasteiger partial charge in [0.1, 0.15) is 0 Å². The lowest BCUT2D eigenvalue weighted by Crippen LogP contribution is -2.46. The number of nitro benzene ring substituents is 1. The van der Waals surface area contributed by atoms with Gasteiger partial charge in [-0.1, -0.05) is 0 Å². The van der Waals surface area contributed by atoms with Crippen LogP contribution in [0.5, 0.6) is 0 Å². The van der Waals surface area contributed by atoms with Gasteiger partial charge < -0.3 is 14.4 Å². The number of hydrogen-bond donors (Lipinski definition) is 1. The average Bonchev–Trinajstić information content (AvgIpc) is 2.55. The molecule has 0 unspecified atom stereocenters. The second-order valence-corrected chi connectivity index (χ2v) is 6.43. The van der Waals surface area contributed by atoms with Crippen LogP contribution in [0, 0.1) is 10.1 Å². The third kappa shape index (κ3) is 9.40. The molecule has 0 saturated heterocycles. The second-order valence-electron chi connectivity index (χ2n) is 5.28. The number of quaternary nitrogens is 1. The van der Waals surface area contributed by atoms with E-state index in [-0.39, 0.29) is 10.6 Å². The molecule has 0 heterocycles. The molecule has 0 aliphatic heterocycles. The molecule has 24 heavy (non-hydrogen) atoms. The highest BCUT2D eigenvalue weighted by molar-refractivity contribution is 7.80. The Labute approximate surface area is 142 Å². The zero-order valence-corrected chi connectivity index (χ0v) is 15.2. The van der Waals surface area contributed by atoms with Crippen LogP contribution >= 0.6 is 0 Å². The molecule has 0 atom stereocenters. The summed E-state index contributed by atoms with van der Waals surface area (Å²) in [6.45, 7) is 8.52. The summed E-state index contributed by atoms with van der Waals surface area (Å²) < 4.78 is 32.0. The summed E-state index contributed by atoms with van der Waals surface area (Å²) >= 11 is 0. The molecule has 138 valence electrons. The van der Waals surface area contributed by atoms with Gasteiger partial charge in [0.25, 0.3) is 5.69 Å². The van der Waals surface area contributed by atoms with E-state index in [2.05, 4.69) is 30.4 Å². The Morgan fingerprint density at radius 3 is 2.00 bits per heavy atom. The number of nitro groups is 1. The highest BCUT2D eigenvalue weighted by Crippen LogP contribution is 2.15. The van der Waals surface area contributed by atoms with Crippen molar-refractivity contribution >= 4 is 21.8 Å². The van der Waals surface area contributed by atoms with Crippen molar-refractivity contribution in [3.63, 3.8) is 0 Å². The van der Waals surface area contributed by atoms with Crippen LogP contribution in [0.2, 0.25) is 0 Å². The van der Waals surface area contributed by atoms with Gasteiger partial charge in [0.2, 0.25) is 10.4 Å². The summed E-state index contributed by atoms with van der Waals surface area (Å²) in [6.07, 6.45) is 0. The molecule has 1 aromatic rings. The first-order valence-corrected chi connectivity index (χ1v) is 8.73. The standard InChI is InChI=1S/C13H22N3O2.CH4O4S/c1-4-16(3,5-2)11-10-14-12-6-8-13(9-7-12)15(17)18;1-5-6(2,3)4/h6-9,14H,4-5,10-11H2,1-3H3;1H3,(H,2,3,4)/q+1;/p-1. The Morgan fingerprint density at radius 2 is 1.67 bits per heavy atom. The topological polar surface area (TPSA) is 122 Å². The smallest absolute Gasteiger partial charge is 0.269 e. The zero-order valence-electron chi connectivity index (χ0n) is 14.4. The second kappa shape index (κ2) is 10.2. The van der Waals surface area contributed by atoms with Gasteiger partial charge in [-0.2, -0.15) is 0 Å². The van der Waals surface area contributed by atoms with E-state index in [0.29, 0.717) is 0 Å². The predicted octanol–water partition coefficient (Wildman–Crippen LogP) is 1.59. The molecule has 10 heteroatoms. The summed E-state index contributed by atoms with van der Waals surface area (Å²) in [5.74, 6) is 0. The molecule has 0 aliphatic carbocycles. The first kappa shape index (κ1) is 22.2. The van der Waals surface area contributed by atoms with Gasteiger partial charge in [-0.05, 0) is 26.0 Å². The van der Waals surface area contributed by atoms with E-state index >= 15 is 0 Å². The zero-order chi connectivity index (χ0) is 18.8. The normalized spacial score (nSPS) is 11.4. The Bertz CT molecular complexity index is 599. The van der Waals surface area contributed by atoms with Crippen molar-refractivity contribution in [1.29, 1.82) is 0 Å². The Balaban J connectivity index is 0.000000754. The van der Waals surface area contributed by atoms with Crippen molar-refractivity contribution in [2.45, 2.75) is 13.8 Å². The fourth-order valence-corrected chi connectivity index (χ4v) is 1.71. The van der Waals surface area contributed by atoms with Crippen molar-refractivity contribution < 1.29 is 26.6 Å². The van der Waals surface area contributed by atoms with E-state index in [0.717, 1.165) is 43.5 Å². The number of benzene rings is 1. The lowest BCUT2D eigenvalue weighted by atomic mass is 10.3. The lowest BCUT2D eigenvalue weighted by Gasteiger charge is -2.32. The summed E-state index contributed by atoms with van der Waals surface area (Å²) in [5.41, 5.74) is 1.06. The number of likely N-dealkylation sites (N-methyl/N-ethyl adjacent to an activating group) is 1. The summed E-state index contributed by atoms with van der Waals surface area (Å²) in [5, 5.41) is 13.8. The van der Waals surface area contributed by atoms with Crippen molar-refractivity contribution in [1.82, 2.24) is 0 Å². The molecule has 0 amide bonds. The molecule has 0 radical (unpaired) electrons. The molecular weight excluding hydrogens is 338 g/mol. The molecule has 1 rings (SSSR count). The fraction of sp³-hybridized carbons (Fsp3) is 0.571. The number of rotatable bonds is 8. The summed E-state index contributed by atoms with van der Waals surface area (Å²) in [4.78, 5) is 10.1. The van der Waals surface area contributed by atoms with Crippen LogP contribution in [-0.4, -0.2) is 62.7 Å². The van der Waals surface area contributed by atoms with Crippen molar-refractivity contribution in [3.8, 4) is 0 Å². The van der Waals surface area contributed by atoms with Crippen LogP contribution in [0.1, 0.15) is 13.8 Å². The van der Waals surface area contributed by atoms with Crippen LogP contribution in [-0.2, 0) is 14.6 Å². The van der Waals surface area contributed by atoms with Crippen LogP contribution in [0.15, 0.2) is 24.3 Å². The van der Waals surface area contributed by atoms with E-state index in [1.807, 2.05) is 0 Å². The van der Waals surface area contributed by atoms with Gasteiger partial charge in [0.15, 0.2) is 0 Å². The van der Waals surface area contributed by atoms with Gasteiger partial charge in [-0.15, -0.1) is 0 Å². The van der Waals surface area contributed by atoms with Gasteiger partial charge in [-0.3, -0.25) is 14.3 Å².